The predicted molar refractivity (Wildman–Crippen MR) is 86.2 cm³/mol. The van der Waals surface area contributed by atoms with E-state index in [4.69, 9.17) is 0 Å². The maximum atomic E-state index is 12.7. The van der Waals surface area contributed by atoms with Gasteiger partial charge in [-0.05, 0) is 31.9 Å². The topological polar surface area (TPSA) is 23.6 Å². The van der Waals surface area contributed by atoms with Crippen LogP contribution in [0.4, 0.5) is 10.5 Å². The standard InChI is InChI=1S/C17H28N2O/c1-4-7-14-18(15-8-5-2)17(20)19(6-3)16-12-10-9-11-13-16/h9-13H,4-8,14-15H2,1-3H3. The molecule has 3 nitrogen and oxygen atoms in total. The Labute approximate surface area is 123 Å². The normalized spacial score (nSPS) is 10.3. The Bertz CT molecular complexity index is 370. The van der Waals surface area contributed by atoms with Crippen LogP contribution in [0.15, 0.2) is 30.3 Å². The number of amides is 2. The number of benzene rings is 1. The number of unbranched alkanes of at least 4 members (excludes halogenated alkanes) is 2. The van der Waals surface area contributed by atoms with E-state index in [1.807, 2.05) is 47.1 Å². The fourth-order valence-corrected chi connectivity index (χ4v) is 2.21. The maximum Gasteiger partial charge on any atom is 0.324 e. The molecule has 0 saturated heterocycles. The Morgan fingerprint density at radius 1 is 0.950 bits per heavy atom. The summed E-state index contributed by atoms with van der Waals surface area (Å²) >= 11 is 0. The molecule has 1 aromatic carbocycles. The largest absolute Gasteiger partial charge is 0.324 e. The van der Waals surface area contributed by atoms with Crippen LogP contribution in [0.3, 0.4) is 0 Å². The molecule has 0 N–H and O–H groups in total. The third-order valence-corrected chi connectivity index (χ3v) is 3.45. The minimum Gasteiger partial charge on any atom is -0.324 e. The van der Waals surface area contributed by atoms with Crippen molar-refractivity contribution < 1.29 is 4.79 Å². The molecule has 0 spiro atoms. The van der Waals surface area contributed by atoms with Gasteiger partial charge in [-0.25, -0.2) is 4.79 Å². The molecule has 3 heteroatoms. The highest BCUT2D eigenvalue weighted by molar-refractivity contribution is 5.91. The molecule has 1 aromatic rings. The van der Waals surface area contributed by atoms with Gasteiger partial charge in [0.1, 0.15) is 0 Å². The summed E-state index contributed by atoms with van der Waals surface area (Å²) in [4.78, 5) is 16.6. The molecule has 2 amide bonds. The van der Waals surface area contributed by atoms with Crippen LogP contribution in [0.1, 0.15) is 46.5 Å². The van der Waals surface area contributed by atoms with E-state index in [-0.39, 0.29) is 6.03 Å². The molecule has 0 fully saturated rings. The number of urea groups is 1. The molecular formula is C17H28N2O. The molecule has 112 valence electrons. The van der Waals surface area contributed by atoms with Gasteiger partial charge in [0.25, 0.3) is 0 Å². The van der Waals surface area contributed by atoms with Crippen molar-refractivity contribution in [3.8, 4) is 0 Å². The van der Waals surface area contributed by atoms with Gasteiger partial charge < -0.3 is 4.90 Å². The number of rotatable bonds is 8. The van der Waals surface area contributed by atoms with Crippen LogP contribution >= 0.6 is 0 Å². The lowest BCUT2D eigenvalue weighted by Gasteiger charge is -2.30. The van der Waals surface area contributed by atoms with Crippen molar-refractivity contribution in [3.05, 3.63) is 30.3 Å². The van der Waals surface area contributed by atoms with Crippen LogP contribution in [-0.4, -0.2) is 30.6 Å². The minimum absolute atomic E-state index is 0.139. The Hall–Kier alpha value is -1.51. The first kappa shape index (κ1) is 16.5. The van der Waals surface area contributed by atoms with Crippen LogP contribution < -0.4 is 4.90 Å². The Balaban J connectivity index is 2.78. The van der Waals surface area contributed by atoms with Crippen molar-refractivity contribution in [1.82, 2.24) is 4.90 Å². The summed E-state index contributed by atoms with van der Waals surface area (Å²) in [5.74, 6) is 0. The minimum atomic E-state index is 0.139. The van der Waals surface area contributed by atoms with Crippen LogP contribution in [0.5, 0.6) is 0 Å². The van der Waals surface area contributed by atoms with Crippen LogP contribution in [-0.2, 0) is 0 Å². The third-order valence-electron chi connectivity index (χ3n) is 3.45. The lowest BCUT2D eigenvalue weighted by Crippen LogP contribution is -2.44. The van der Waals surface area contributed by atoms with Gasteiger partial charge in [-0.15, -0.1) is 0 Å². The van der Waals surface area contributed by atoms with E-state index in [0.29, 0.717) is 6.54 Å². The fourth-order valence-electron chi connectivity index (χ4n) is 2.21. The molecule has 0 saturated carbocycles. The van der Waals surface area contributed by atoms with Crippen molar-refractivity contribution in [2.24, 2.45) is 0 Å². The number of carbonyl (C=O) groups is 1. The zero-order chi connectivity index (χ0) is 14.8. The third kappa shape index (κ3) is 4.87. The Kier molecular flexibility index (Phi) is 7.78. The van der Waals surface area contributed by atoms with Gasteiger partial charge in [-0.3, -0.25) is 4.90 Å². The van der Waals surface area contributed by atoms with E-state index < -0.39 is 0 Å². The zero-order valence-corrected chi connectivity index (χ0v) is 13.1. The highest BCUT2D eigenvalue weighted by atomic mass is 16.2. The van der Waals surface area contributed by atoms with Gasteiger partial charge >= 0.3 is 6.03 Å². The van der Waals surface area contributed by atoms with E-state index >= 15 is 0 Å². The Morgan fingerprint density at radius 2 is 1.50 bits per heavy atom. The van der Waals surface area contributed by atoms with Crippen molar-refractivity contribution in [2.75, 3.05) is 24.5 Å². The summed E-state index contributed by atoms with van der Waals surface area (Å²) in [6.45, 7) is 8.78. The fraction of sp³-hybridized carbons (Fsp3) is 0.588. The number of nitrogens with zero attached hydrogens (tertiary/aromatic N) is 2. The molecule has 0 aromatic heterocycles. The van der Waals surface area contributed by atoms with Gasteiger partial charge in [-0.2, -0.15) is 0 Å². The quantitative estimate of drug-likeness (QED) is 0.684. The van der Waals surface area contributed by atoms with E-state index in [1.54, 1.807) is 0 Å². The summed E-state index contributed by atoms with van der Waals surface area (Å²) in [6.07, 6.45) is 4.38. The molecule has 0 unspecified atom stereocenters. The van der Waals surface area contributed by atoms with E-state index in [9.17, 15) is 4.79 Å². The van der Waals surface area contributed by atoms with E-state index in [0.717, 1.165) is 44.5 Å². The second-order valence-corrected chi connectivity index (χ2v) is 5.06. The summed E-state index contributed by atoms with van der Waals surface area (Å²) in [7, 11) is 0. The van der Waals surface area contributed by atoms with Gasteiger partial charge in [0.05, 0.1) is 0 Å². The SMILES string of the molecule is CCCCN(CCCC)C(=O)N(CC)c1ccccc1. The zero-order valence-electron chi connectivity index (χ0n) is 13.1. The summed E-state index contributed by atoms with van der Waals surface area (Å²) in [6, 6.07) is 10.1. The average Bonchev–Trinajstić information content (AvgIpc) is 2.49. The van der Waals surface area contributed by atoms with Gasteiger partial charge in [0.2, 0.25) is 0 Å². The first-order valence-corrected chi connectivity index (χ1v) is 7.86. The van der Waals surface area contributed by atoms with Crippen LogP contribution in [0.25, 0.3) is 0 Å². The molecular weight excluding hydrogens is 248 g/mol. The number of carbonyl (C=O) groups excluding carboxylic acids is 1. The molecule has 0 aliphatic heterocycles. The lowest BCUT2D eigenvalue weighted by molar-refractivity contribution is 0.203. The van der Waals surface area contributed by atoms with Gasteiger partial charge in [0, 0.05) is 25.3 Å². The maximum absolute atomic E-state index is 12.7. The second kappa shape index (κ2) is 9.40. The van der Waals surface area contributed by atoms with Crippen molar-refractivity contribution in [2.45, 2.75) is 46.5 Å². The monoisotopic (exact) mass is 276 g/mol. The van der Waals surface area contributed by atoms with Crippen molar-refractivity contribution in [3.63, 3.8) is 0 Å². The molecule has 0 bridgehead atoms. The Morgan fingerprint density at radius 3 is 1.95 bits per heavy atom. The lowest BCUT2D eigenvalue weighted by atomic mass is 10.2. The first-order chi connectivity index (χ1) is 9.74. The molecule has 1 rings (SSSR count). The smallest absolute Gasteiger partial charge is 0.324 e. The number of hydrogen-bond donors (Lipinski definition) is 0. The summed E-state index contributed by atoms with van der Waals surface area (Å²) < 4.78 is 0. The molecule has 20 heavy (non-hydrogen) atoms. The number of anilines is 1. The second-order valence-electron chi connectivity index (χ2n) is 5.06. The number of para-hydroxylation sites is 1. The van der Waals surface area contributed by atoms with E-state index in [2.05, 4.69) is 13.8 Å². The molecule has 0 atom stereocenters. The predicted octanol–water partition coefficient (Wildman–Crippen LogP) is 4.54. The van der Waals surface area contributed by atoms with Crippen LogP contribution in [0, 0.1) is 0 Å². The molecule has 0 radical (unpaired) electrons. The van der Waals surface area contributed by atoms with Gasteiger partial charge in [-0.1, -0.05) is 44.9 Å². The van der Waals surface area contributed by atoms with Crippen molar-refractivity contribution >= 4 is 11.7 Å². The first-order valence-electron chi connectivity index (χ1n) is 7.86. The molecule has 0 aliphatic carbocycles. The molecule has 0 heterocycles. The highest BCUT2D eigenvalue weighted by Gasteiger charge is 2.20. The summed E-state index contributed by atoms with van der Waals surface area (Å²) in [5, 5.41) is 0. The van der Waals surface area contributed by atoms with Crippen molar-refractivity contribution in [1.29, 1.82) is 0 Å². The summed E-state index contributed by atoms with van der Waals surface area (Å²) in [5.41, 5.74) is 0.984. The van der Waals surface area contributed by atoms with E-state index in [1.165, 1.54) is 0 Å². The average molecular weight is 276 g/mol. The number of hydrogen-bond acceptors (Lipinski definition) is 1. The highest BCUT2D eigenvalue weighted by Crippen LogP contribution is 2.16. The van der Waals surface area contributed by atoms with Crippen LogP contribution in [0.2, 0.25) is 0 Å². The van der Waals surface area contributed by atoms with Gasteiger partial charge in [0.15, 0.2) is 0 Å². The molecule has 0 aliphatic rings.